The number of nitrogens with zero attached hydrogens (tertiary/aromatic N) is 4. The molecule has 2 heterocycles. The Hall–Kier alpha value is -2.45. The number of alkyl halides is 1. The molecule has 0 aromatic carbocycles. The zero-order chi connectivity index (χ0) is 17.2. The van der Waals surface area contributed by atoms with E-state index in [1.165, 1.54) is 23.2 Å². The van der Waals surface area contributed by atoms with Crippen LogP contribution in [0.1, 0.15) is 27.2 Å². The first-order valence-electron chi connectivity index (χ1n) is 7.20. The lowest BCUT2D eigenvalue weighted by Gasteiger charge is -2.24. The Morgan fingerprint density at radius 1 is 1.52 bits per heavy atom. The predicted molar refractivity (Wildman–Crippen MR) is 78.4 cm³/mol. The molecule has 0 saturated carbocycles. The summed E-state index contributed by atoms with van der Waals surface area (Å²) in [4.78, 5) is 26.8. The summed E-state index contributed by atoms with van der Waals surface area (Å²) in [5.41, 5.74) is -0.862. The van der Waals surface area contributed by atoms with Crippen molar-refractivity contribution in [2.24, 2.45) is 0 Å². The van der Waals surface area contributed by atoms with Crippen LogP contribution < -0.4 is 9.75 Å². The van der Waals surface area contributed by atoms with Crippen molar-refractivity contribution in [3.63, 3.8) is 0 Å². The summed E-state index contributed by atoms with van der Waals surface area (Å²) in [6, 6.07) is 1.87. The van der Waals surface area contributed by atoms with E-state index in [1.54, 1.807) is 20.8 Å². The lowest BCUT2D eigenvalue weighted by molar-refractivity contribution is -0.655. The monoisotopic (exact) mass is 326 g/mol. The average molecular weight is 326 g/mol. The molecule has 126 valence electrons. The molecule has 1 atom stereocenters. The van der Waals surface area contributed by atoms with Gasteiger partial charge in [-0.05, 0) is 33.3 Å². The molecule has 1 saturated heterocycles. The van der Waals surface area contributed by atoms with Gasteiger partial charge < -0.3 is 14.8 Å². The second-order valence-electron chi connectivity index (χ2n) is 6.19. The summed E-state index contributed by atoms with van der Waals surface area (Å²) < 4.78 is 18.5. The van der Waals surface area contributed by atoms with Crippen molar-refractivity contribution in [3.8, 4) is 0 Å². The van der Waals surface area contributed by atoms with Gasteiger partial charge in [0.15, 0.2) is 0 Å². The Bertz CT molecular complexity index is 605. The SMILES string of the molecule is CC(C)(C)OC(=O)N(C(=O)N1CCC(F)C1)c1cccn[n+]1[O-]. The van der Waals surface area contributed by atoms with Gasteiger partial charge in [0.25, 0.3) is 0 Å². The van der Waals surface area contributed by atoms with Gasteiger partial charge in [-0.3, -0.25) is 0 Å². The molecule has 1 aliphatic heterocycles. The largest absolute Gasteiger partial charge is 0.691 e. The number of halogens is 1. The van der Waals surface area contributed by atoms with Crippen LogP contribution >= 0.6 is 0 Å². The van der Waals surface area contributed by atoms with Crippen LogP contribution in [-0.2, 0) is 4.74 Å². The summed E-state index contributed by atoms with van der Waals surface area (Å²) >= 11 is 0. The maximum Gasteiger partial charge on any atom is 0.517 e. The van der Waals surface area contributed by atoms with Gasteiger partial charge in [-0.25, -0.2) is 9.18 Å². The number of hydrogen-bond donors (Lipinski definition) is 0. The van der Waals surface area contributed by atoms with Crippen molar-refractivity contribution in [2.45, 2.75) is 39.0 Å². The Morgan fingerprint density at radius 2 is 2.22 bits per heavy atom. The Labute approximate surface area is 133 Å². The van der Waals surface area contributed by atoms with Crippen LogP contribution in [0, 0.1) is 5.21 Å². The van der Waals surface area contributed by atoms with E-state index in [9.17, 15) is 19.2 Å². The van der Waals surface area contributed by atoms with Gasteiger partial charge >= 0.3 is 17.9 Å². The zero-order valence-electron chi connectivity index (χ0n) is 13.2. The summed E-state index contributed by atoms with van der Waals surface area (Å²) in [5.74, 6) is -0.297. The van der Waals surface area contributed by atoms with E-state index in [-0.39, 0.29) is 30.2 Å². The van der Waals surface area contributed by atoms with Gasteiger partial charge in [0.1, 0.15) is 11.8 Å². The van der Waals surface area contributed by atoms with E-state index in [0.29, 0.717) is 4.90 Å². The van der Waals surface area contributed by atoms with Crippen LogP contribution in [0.25, 0.3) is 0 Å². The molecule has 3 amide bonds. The molecule has 0 radical (unpaired) electrons. The molecule has 1 aromatic heterocycles. The van der Waals surface area contributed by atoms with Crippen LogP contribution in [0.2, 0.25) is 0 Å². The minimum Gasteiger partial charge on any atom is -0.691 e. The normalized spacial score (nSPS) is 17.9. The second kappa shape index (κ2) is 6.35. The highest BCUT2D eigenvalue weighted by Crippen LogP contribution is 2.20. The van der Waals surface area contributed by atoms with E-state index in [4.69, 9.17) is 4.74 Å². The fourth-order valence-electron chi connectivity index (χ4n) is 2.12. The third-order valence-electron chi connectivity index (χ3n) is 3.10. The molecule has 0 N–H and O–H groups in total. The first-order chi connectivity index (χ1) is 10.7. The predicted octanol–water partition coefficient (Wildman–Crippen LogP) is 1.62. The second-order valence-corrected chi connectivity index (χ2v) is 6.19. The van der Waals surface area contributed by atoms with Gasteiger partial charge in [0.2, 0.25) is 0 Å². The highest BCUT2D eigenvalue weighted by atomic mass is 19.1. The molecular weight excluding hydrogens is 307 g/mol. The van der Waals surface area contributed by atoms with Crippen molar-refractivity contribution in [3.05, 3.63) is 23.5 Å². The fourth-order valence-corrected chi connectivity index (χ4v) is 2.12. The molecule has 1 fully saturated rings. The number of anilines is 1. The zero-order valence-corrected chi connectivity index (χ0v) is 13.2. The average Bonchev–Trinajstić information content (AvgIpc) is 2.86. The summed E-state index contributed by atoms with van der Waals surface area (Å²) in [6.45, 7) is 4.94. The number of ether oxygens (including phenoxy) is 1. The number of urea groups is 1. The first kappa shape index (κ1) is 16.9. The topological polar surface area (TPSA) is 89.7 Å². The first-order valence-corrected chi connectivity index (χ1v) is 7.20. The molecular formula is C14H19FN4O4. The van der Waals surface area contributed by atoms with Crippen LogP contribution in [0.4, 0.5) is 19.8 Å². The van der Waals surface area contributed by atoms with E-state index >= 15 is 0 Å². The van der Waals surface area contributed by atoms with Crippen LogP contribution in [0.3, 0.4) is 0 Å². The number of imide groups is 1. The summed E-state index contributed by atoms with van der Waals surface area (Å²) in [6.07, 6.45) is -0.741. The van der Waals surface area contributed by atoms with E-state index in [1.807, 2.05) is 0 Å². The minimum atomic E-state index is -1.15. The van der Waals surface area contributed by atoms with Crippen LogP contribution in [-0.4, -0.2) is 47.0 Å². The third kappa shape index (κ3) is 4.05. The molecule has 1 unspecified atom stereocenters. The van der Waals surface area contributed by atoms with E-state index in [0.717, 1.165) is 0 Å². The Morgan fingerprint density at radius 3 is 2.74 bits per heavy atom. The van der Waals surface area contributed by atoms with Crippen LogP contribution in [0.15, 0.2) is 18.3 Å². The number of carbonyl (C=O) groups is 2. The molecule has 2 rings (SSSR count). The lowest BCUT2D eigenvalue weighted by Crippen LogP contribution is -2.52. The van der Waals surface area contributed by atoms with Gasteiger partial charge in [-0.15, -0.1) is 4.85 Å². The molecule has 0 bridgehead atoms. The summed E-state index contributed by atoms with van der Waals surface area (Å²) in [7, 11) is 0. The van der Waals surface area contributed by atoms with Gasteiger partial charge in [0, 0.05) is 12.6 Å². The lowest BCUT2D eigenvalue weighted by atomic mass is 10.2. The molecule has 23 heavy (non-hydrogen) atoms. The highest BCUT2D eigenvalue weighted by Gasteiger charge is 2.43. The number of rotatable bonds is 1. The van der Waals surface area contributed by atoms with Gasteiger partial charge in [-0.1, -0.05) is 10.00 Å². The van der Waals surface area contributed by atoms with Crippen molar-refractivity contribution in [2.75, 3.05) is 18.0 Å². The van der Waals surface area contributed by atoms with Crippen molar-refractivity contribution in [1.29, 1.82) is 0 Å². The standard InChI is InChI=1S/C14H19FN4O4/c1-14(2,3)23-13(21)18(11-5-4-7-16-19(11)22)12(20)17-8-6-10(15)9-17/h4-5,7,10H,6,8-9H2,1-3H3. The molecule has 8 nitrogen and oxygen atoms in total. The molecule has 0 aliphatic carbocycles. The fraction of sp³-hybridized carbons (Fsp3) is 0.571. The number of amides is 3. The highest BCUT2D eigenvalue weighted by molar-refractivity contribution is 6.10. The molecule has 9 heteroatoms. The minimum absolute atomic E-state index is 0.128. The van der Waals surface area contributed by atoms with Gasteiger partial charge in [-0.2, -0.15) is 4.79 Å². The molecule has 1 aliphatic rings. The summed E-state index contributed by atoms with van der Waals surface area (Å²) in [5, 5.41) is 15.3. The third-order valence-corrected chi connectivity index (χ3v) is 3.10. The van der Waals surface area contributed by atoms with Crippen molar-refractivity contribution < 1.29 is 23.6 Å². The maximum absolute atomic E-state index is 13.3. The Kier molecular flexibility index (Phi) is 4.67. The Balaban J connectivity index is 2.33. The van der Waals surface area contributed by atoms with Crippen molar-refractivity contribution >= 4 is 17.9 Å². The number of aromatic nitrogens is 2. The van der Waals surface area contributed by atoms with Crippen molar-refractivity contribution in [1.82, 2.24) is 10.00 Å². The molecule has 1 aromatic rings. The smallest absolute Gasteiger partial charge is 0.517 e. The quantitative estimate of drug-likeness (QED) is 0.578. The van der Waals surface area contributed by atoms with E-state index in [2.05, 4.69) is 5.10 Å². The maximum atomic E-state index is 13.3. The van der Waals surface area contributed by atoms with Crippen LogP contribution in [0.5, 0.6) is 0 Å². The number of likely N-dealkylation sites (tertiary alicyclic amines) is 1. The molecule has 0 spiro atoms. The number of hydrogen-bond acceptors (Lipinski definition) is 5. The number of carbonyl (C=O) groups excluding carboxylic acids is 2. The van der Waals surface area contributed by atoms with Gasteiger partial charge in [0.05, 0.1) is 12.7 Å². The van der Waals surface area contributed by atoms with E-state index < -0.39 is 23.9 Å².